The Hall–Kier alpha value is -1.14. The van der Waals surface area contributed by atoms with Crippen molar-refractivity contribution in [3.63, 3.8) is 0 Å². The first-order chi connectivity index (χ1) is 11.6. The first-order valence-electron chi connectivity index (χ1n) is 9.55. The number of fused-ring (bicyclic) bond motifs is 1. The molecule has 0 bridgehead atoms. The maximum Gasteiger partial charge on any atom is 0.305 e. The fraction of sp³-hybridized carbons (Fsp3) is 0.889. The lowest BCUT2D eigenvalue weighted by Gasteiger charge is -2.48. The highest BCUT2D eigenvalue weighted by Crippen LogP contribution is 2.45. The fourth-order valence-corrected chi connectivity index (χ4v) is 5.27. The summed E-state index contributed by atoms with van der Waals surface area (Å²) < 4.78 is 0. The molecule has 0 aromatic heterocycles. The average Bonchev–Trinajstić information content (AvgIpc) is 3.20. The minimum Gasteiger partial charge on any atom is -0.481 e. The molecule has 1 saturated carbocycles. The second-order valence-electron chi connectivity index (χ2n) is 8.25. The Morgan fingerprint density at radius 3 is 2.42 bits per heavy atom. The van der Waals surface area contributed by atoms with E-state index in [0.29, 0.717) is 11.8 Å². The van der Waals surface area contributed by atoms with E-state index in [-0.39, 0.29) is 17.9 Å². The molecule has 0 spiro atoms. The molecule has 1 N–H and O–H groups in total. The summed E-state index contributed by atoms with van der Waals surface area (Å²) in [5.74, 6) is 0.119. The highest BCUT2D eigenvalue weighted by Gasteiger charge is 2.53. The zero-order chi connectivity index (χ0) is 16.7. The summed E-state index contributed by atoms with van der Waals surface area (Å²) in [6.45, 7) is 6.79. The van der Waals surface area contributed by atoms with Gasteiger partial charge in [0.15, 0.2) is 0 Å². The molecule has 6 nitrogen and oxygen atoms in total. The number of carboxylic acid groups (broad SMARTS) is 1. The summed E-state index contributed by atoms with van der Waals surface area (Å²) in [5, 5.41) is 9.24. The maximum absolute atomic E-state index is 12.8. The summed E-state index contributed by atoms with van der Waals surface area (Å²) in [6, 6.07) is 0. The van der Waals surface area contributed by atoms with Crippen molar-refractivity contribution in [2.45, 2.75) is 44.1 Å². The van der Waals surface area contributed by atoms with Crippen LogP contribution in [0.3, 0.4) is 0 Å². The van der Waals surface area contributed by atoms with Crippen LogP contribution in [0.15, 0.2) is 0 Å². The molecular weight excluding hydrogens is 306 g/mol. The number of nitrogens with zero attached hydrogens (tertiary/aromatic N) is 3. The van der Waals surface area contributed by atoms with Crippen LogP contribution in [0.25, 0.3) is 0 Å². The molecule has 0 aromatic rings. The van der Waals surface area contributed by atoms with Crippen molar-refractivity contribution in [1.29, 1.82) is 0 Å². The van der Waals surface area contributed by atoms with Gasteiger partial charge in [-0.05, 0) is 45.2 Å². The standard InChI is InChI=1S/C18H29N3O3/c22-16(23)10-18(4-3-5-18)21-12-14-11-20(17(24)15(14)13-21)9-8-19-6-1-2-7-19/h14-15H,1-13H2,(H,22,23)/t14-,15+/m1/s1. The number of amides is 1. The van der Waals surface area contributed by atoms with Gasteiger partial charge >= 0.3 is 5.97 Å². The van der Waals surface area contributed by atoms with Gasteiger partial charge in [-0.25, -0.2) is 0 Å². The number of aliphatic carboxylic acids is 1. The molecule has 3 heterocycles. The van der Waals surface area contributed by atoms with E-state index in [9.17, 15) is 14.7 Å². The van der Waals surface area contributed by atoms with E-state index in [0.717, 1.165) is 52.0 Å². The number of likely N-dealkylation sites (tertiary alicyclic amines) is 3. The van der Waals surface area contributed by atoms with Crippen LogP contribution < -0.4 is 0 Å². The molecule has 4 fully saturated rings. The van der Waals surface area contributed by atoms with Gasteiger partial charge in [0, 0.05) is 44.2 Å². The van der Waals surface area contributed by atoms with Crippen LogP contribution >= 0.6 is 0 Å². The first-order valence-corrected chi connectivity index (χ1v) is 9.55. The van der Waals surface area contributed by atoms with Gasteiger partial charge in [-0.1, -0.05) is 0 Å². The highest BCUT2D eigenvalue weighted by atomic mass is 16.4. The second-order valence-corrected chi connectivity index (χ2v) is 8.25. The third-order valence-electron chi connectivity index (χ3n) is 6.84. The Labute approximate surface area is 143 Å². The molecule has 4 rings (SSSR count). The van der Waals surface area contributed by atoms with E-state index in [4.69, 9.17) is 0 Å². The van der Waals surface area contributed by atoms with Crippen LogP contribution in [-0.4, -0.2) is 83.0 Å². The normalized spacial score (nSPS) is 33.0. The van der Waals surface area contributed by atoms with Crippen LogP contribution in [0.2, 0.25) is 0 Å². The largest absolute Gasteiger partial charge is 0.481 e. The van der Waals surface area contributed by atoms with Crippen LogP contribution in [0.4, 0.5) is 0 Å². The van der Waals surface area contributed by atoms with Crippen LogP contribution in [-0.2, 0) is 9.59 Å². The third-order valence-corrected chi connectivity index (χ3v) is 6.84. The van der Waals surface area contributed by atoms with Crippen LogP contribution in [0.1, 0.15) is 38.5 Å². The first kappa shape index (κ1) is 16.3. The van der Waals surface area contributed by atoms with E-state index in [2.05, 4.69) is 14.7 Å². The van der Waals surface area contributed by atoms with E-state index in [1.165, 1.54) is 25.9 Å². The monoisotopic (exact) mass is 335 g/mol. The second kappa shape index (κ2) is 6.30. The van der Waals surface area contributed by atoms with Crippen molar-refractivity contribution in [3.05, 3.63) is 0 Å². The van der Waals surface area contributed by atoms with Crippen molar-refractivity contribution in [3.8, 4) is 0 Å². The topological polar surface area (TPSA) is 64.1 Å². The van der Waals surface area contributed by atoms with E-state index >= 15 is 0 Å². The van der Waals surface area contributed by atoms with Crippen molar-refractivity contribution < 1.29 is 14.7 Å². The predicted molar refractivity (Wildman–Crippen MR) is 89.6 cm³/mol. The minimum atomic E-state index is -0.703. The molecule has 0 aromatic carbocycles. The minimum absolute atomic E-state index is 0.106. The van der Waals surface area contributed by atoms with Gasteiger partial charge in [0.25, 0.3) is 0 Å². The maximum atomic E-state index is 12.8. The molecule has 1 amide bonds. The lowest BCUT2D eigenvalue weighted by atomic mass is 9.73. The summed E-state index contributed by atoms with van der Waals surface area (Å²) in [6.07, 6.45) is 5.89. The summed E-state index contributed by atoms with van der Waals surface area (Å²) >= 11 is 0. The van der Waals surface area contributed by atoms with Crippen LogP contribution in [0.5, 0.6) is 0 Å². The number of carbonyl (C=O) groups is 2. The molecule has 3 saturated heterocycles. The molecule has 0 radical (unpaired) electrons. The lowest BCUT2D eigenvalue weighted by molar-refractivity contribution is -0.142. The van der Waals surface area contributed by atoms with E-state index in [1.807, 2.05) is 0 Å². The Kier molecular flexibility index (Phi) is 4.29. The smallest absolute Gasteiger partial charge is 0.305 e. The van der Waals surface area contributed by atoms with E-state index in [1.54, 1.807) is 0 Å². The van der Waals surface area contributed by atoms with Gasteiger partial charge in [-0.3, -0.25) is 14.5 Å². The number of hydrogen-bond acceptors (Lipinski definition) is 4. The van der Waals surface area contributed by atoms with Gasteiger partial charge in [0.1, 0.15) is 0 Å². The number of rotatable bonds is 6. The molecular formula is C18H29N3O3. The number of carboxylic acids is 1. The van der Waals surface area contributed by atoms with Gasteiger partial charge in [-0.2, -0.15) is 0 Å². The fourth-order valence-electron chi connectivity index (χ4n) is 5.27. The Morgan fingerprint density at radius 2 is 1.83 bits per heavy atom. The molecule has 3 aliphatic heterocycles. The summed E-state index contributed by atoms with van der Waals surface area (Å²) in [4.78, 5) is 30.9. The molecule has 0 unspecified atom stereocenters. The molecule has 4 aliphatic rings. The van der Waals surface area contributed by atoms with E-state index < -0.39 is 5.97 Å². The quantitative estimate of drug-likeness (QED) is 0.780. The zero-order valence-corrected chi connectivity index (χ0v) is 14.5. The van der Waals surface area contributed by atoms with Gasteiger partial charge in [0.05, 0.1) is 12.3 Å². The van der Waals surface area contributed by atoms with Crippen LogP contribution in [0, 0.1) is 11.8 Å². The molecule has 2 atom stereocenters. The van der Waals surface area contributed by atoms with Crippen molar-refractivity contribution in [1.82, 2.24) is 14.7 Å². The average molecular weight is 335 g/mol. The van der Waals surface area contributed by atoms with Gasteiger partial charge in [-0.15, -0.1) is 0 Å². The Bertz CT molecular complexity index is 514. The number of carbonyl (C=O) groups excluding carboxylic acids is 1. The van der Waals surface area contributed by atoms with Gasteiger partial charge < -0.3 is 14.9 Å². The van der Waals surface area contributed by atoms with Crippen molar-refractivity contribution in [2.75, 3.05) is 45.8 Å². The lowest BCUT2D eigenvalue weighted by Crippen LogP contribution is -2.55. The number of hydrogen-bond donors (Lipinski definition) is 1. The Balaban J connectivity index is 1.33. The predicted octanol–water partition coefficient (Wildman–Crippen LogP) is 0.870. The Morgan fingerprint density at radius 1 is 1.08 bits per heavy atom. The molecule has 134 valence electrons. The highest BCUT2D eigenvalue weighted by molar-refractivity contribution is 5.82. The SMILES string of the molecule is O=C(O)CC1(N2C[C@H]3CN(CCN4CCCC4)C(=O)[C@H]3C2)CCC1. The van der Waals surface area contributed by atoms with Gasteiger partial charge in [0.2, 0.25) is 5.91 Å². The molecule has 1 aliphatic carbocycles. The summed E-state index contributed by atoms with van der Waals surface area (Å²) in [5.41, 5.74) is -0.156. The summed E-state index contributed by atoms with van der Waals surface area (Å²) in [7, 11) is 0. The third kappa shape index (κ3) is 2.84. The molecule has 6 heteroatoms. The van der Waals surface area contributed by atoms with Crippen molar-refractivity contribution in [2.24, 2.45) is 11.8 Å². The van der Waals surface area contributed by atoms with Crippen molar-refractivity contribution >= 4 is 11.9 Å². The molecule has 24 heavy (non-hydrogen) atoms. The zero-order valence-electron chi connectivity index (χ0n) is 14.5.